The molecule has 6 heterocycles. The van der Waals surface area contributed by atoms with Crippen LogP contribution in [0.15, 0.2) is 216 Å². The Bertz CT molecular complexity index is 5490. The SMILES string of the molecule is C.C.C.C.C.C.CC1(C)C(/C=C/c2cc([N+](=O)[O-])ccc2O)=[N+](CC(=O)O)c2ccccc21.CC1(C)C(/C=C/c2cc([N+](=O)[O-])ccc2O)=[N+](CS(=O)(=O)O)c2ccccc21.CC1(C)c2ccccc2N(CC(=O)O)C12C=CC1=C(CCC([N+](=O)[O-])=C1)O2.CC1(C)c2ccccc2N(CS(=O)(=O)O)C12C=CC1=C(CCC([N+](=O)[O-])=C1)O2. The number of para-hydroxylation sites is 4. The van der Waals surface area contributed by atoms with Crippen molar-refractivity contribution in [2.45, 2.75) is 159 Å². The van der Waals surface area contributed by atoms with E-state index in [1.54, 1.807) is 75.1 Å². The van der Waals surface area contributed by atoms with E-state index < -0.39 is 91.8 Å². The van der Waals surface area contributed by atoms with Gasteiger partial charge in [-0.3, -0.25) is 54.4 Å². The number of rotatable bonds is 16. The predicted octanol–water partition coefficient (Wildman–Crippen LogP) is 17.0. The number of hydrogen-bond acceptors (Lipinski definition) is 20. The zero-order chi connectivity index (χ0) is 80.2. The van der Waals surface area contributed by atoms with Crippen LogP contribution in [-0.4, -0.2) is 135 Å². The predicted molar refractivity (Wildman–Crippen MR) is 447 cm³/mol. The van der Waals surface area contributed by atoms with Crippen molar-refractivity contribution in [3.05, 3.63) is 290 Å². The lowest BCUT2D eigenvalue weighted by molar-refractivity contribution is -0.428. The summed E-state index contributed by atoms with van der Waals surface area (Å²) < 4.78 is 81.7. The molecule has 32 heteroatoms. The number of ether oxygens (including phenoxy) is 2. The molecule has 6 N–H and O–H groups in total. The molecule has 0 aromatic heterocycles. The summed E-state index contributed by atoms with van der Waals surface area (Å²) in [5.41, 5.74) is 5.44. The minimum atomic E-state index is -4.33. The summed E-state index contributed by atoms with van der Waals surface area (Å²) in [6.45, 7) is 15.3. The number of carboxylic acid groups (broad SMARTS) is 2. The van der Waals surface area contributed by atoms with Crippen molar-refractivity contribution in [3.63, 3.8) is 0 Å². The van der Waals surface area contributed by atoms with E-state index in [9.17, 15) is 96.4 Å². The number of nitro groups is 4. The van der Waals surface area contributed by atoms with Gasteiger partial charge in [-0.05, 0) is 127 Å². The van der Waals surface area contributed by atoms with Crippen LogP contribution < -0.4 is 9.80 Å². The van der Waals surface area contributed by atoms with Crippen molar-refractivity contribution < 1.29 is 94.3 Å². The number of nitrogens with zero attached hydrogens (tertiary/aromatic N) is 8. The standard InChI is InChI=1S/C20H20N2O5.C20H18N2O5.C19H20N2O6S.C19H18N2O6S.6CH4/c1-19(2)15-5-3-4-6-16(15)21(12-18(23)24)20(19)10-9-13-11-14(22(25)26)7-8-17(13)27-20;1-20(2)15-5-3-4-6-16(15)21(12-19(24)25)18(20)10-7-13-11-14(22(26)27)8-9-17(13)23;1-18(2)15-5-3-4-6-16(15)20(12-28(24,25)26)19(18)10-9-13-11-14(21(22)23)7-8-17(13)27-19;1-19(2)15-5-3-4-6-16(15)20(12-28(25,26)27)18(19)10-7-13-11-14(21(23)24)8-9-17(13)22;;;;;;/h3-6,9-11H,7-8,12H2,1-2H3,(H,23,24);3-11H,12H2,1-2H3,(H,24,25);3-6,9-11H,7-8,12H2,1-2H3,(H,24,25,26);3-11H,12H2,1-2H3,(H,25,26,27);6*1H4/p+2. The number of benzene rings is 6. The van der Waals surface area contributed by atoms with Gasteiger partial charge in [0.25, 0.3) is 27.4 Å². The van der Waals surface area contributed by atoms with Gasteiger partial charge in [-0.2, -0.15) is 26.0 Å². The van der Waals surface area contributed by atoms with Gasteiger partial charge in [-0.1, -0.05) is 117 Å². The fourth-order valence-electron chi connectivity index (χ4n) is 15.4. The molecule has 6 aromatic rings. The zero-order valence-electron chi connectivity index (χ0n) is 60.7. The summed E-state index contributed by atoms with van der Waals surface area (Å²) in [5.74, 6) is -2.16. The molecular formula is C84H102N8O22S2+2. The second-order valence-corrected chi connectivity index (χ2v) is 31.9. The molecule has 0 fully saturated rings. The van der Waals surface area contributed by atoms with Gasteiger partial charge in [0.2, 0.25) is 40.8 Å². The highest BCUT2D eigenvalue weighted by molar-refractivity contribution is 7.86. The lowest BCUT2D eigenvalue weighted by atomic mass is 9.76. The van der Waals surface area contributed by atoms with Crippen LogP contribution in [0.3, 0.4) is 0 Å². The van der Waals surface area contributed by atoms with E-state index in [1.165, 1.54) is 53.1 Å². The maximum atomic E-state index is 11.8. The Labute approximate surface area is 675 Å². The Hall–Kier alpha value is -12.3. The Balaban J connectivity index is 0.000000271. The fraction of sp³-hybridized carbons (Fsp3) is 0.333. The van der Waals surface area contributed by atoms with Crippen molar-refractivity contribution in [2.24, 2.45) is 0 Å². The van der Waals surface area contributed by atoms with Crippen LogP contribution in [0.5, 0.6) is 11.5 Å². The summed E-state index contributed by atoms with van der Waals surface area (Å²) in [7, 11) is -8.64. The molecule has 620 valence electrons. The van der Waals surface area contributed by atoms with Gasteiger partial charge in [-0.15, -0.1) is 0 Å². The summed E-state index contributed by atoms with van der Waals surface area (Å²) in [5, 5.41) is 83.0. The van der Waals surface area contributed by atoms with Crippen LogP contribution in [0.1, 0.15) is 159 Å². The van der Waals surface area contributed by atoms with Gasteiger partial charge < -0.3 is 39.7 Å². The lowest BCUT2D eigenvalue weighted by Gasteiger charge is -2.47. The summed E-state index contributed by atoms with van der Waals surface area (Å²) in [6, 6.07) is 37.3. The first-order chi connectivity index (χ1) is 51.5. The highest BCUT2D eigenvalue weighted by Gasteiger charge is 2.61. The van der Waals surface area contributed by atoms with Gasteiger partial charge in [0.15, 0.2) is 11.4 Å². The second-order valence-electron chi connectivity index (χ2n) is 29.1. The molecule has 2 atom stereocenters. The first-order valence-corrected chi connectivity index (χ1v) is 37.6. The van der Waals surface area contributed by atoms with Crippen molar-refractivity contribution >= 4 is 89.9 Å². The number of carboxylic acids is 2. The molecule has 0 amide bonds. The number of carbonyl (C=O) groups is 2. The molecule has 0 saturated carbocycles. The Kier molecular flexibility index (Phi) is 28.7. The van der Waals surface area contributed by atoms with Crippen LogP contribution in [0, 0.1) is 40.5 Å². The number of aromatic hydroxyl groups is 2. The molecule has 6 aromatic carbocycles. The number of phenols is 2. The third kappa shape index (κ3) is 18.0. The first-order valence-electron chi connectivity index (χ1n) is 34.3. The van der Waals surface area contributed by atoms with Gasteiger partial charge in [0.05, 0.1) is 41.4 Å². The molecule has 2 spiro atoms. The average Bonchev–Trinajstić information content (AvgIpc) is 1.54. The Morgan fingerprint density at radius 3 is 1.23 bits per heavy atom. The molecule has 30 nitrogen and oxygen atoms in total. The molecule has 0 radical (unpaired) electrons. The fourth-order valence-corrected chi connectivity index (χ4v) is 16.7. The maximum Gasteiger partial charge on any atom is 0.370 e. The van der Waals surface area contributed by atoms with Gasteiger partial charge in [0.1, 0.15) is 35.4 Å². The van der Waals surface area contributed by atoms with E-state index in [4.69, 9.17) is 9.47 Å². The van der Waals surface area contributed by atoms with Crippen LogP contribution in [0.4, 0.5) is 34.1 Å². The molecule has 2 unspecified atom stereocenters. The second kappa shape index (κ2) is 35.2. The van der Waals surface area contributed by atoms with E-state index >= 15 is 0 Å². The monoisotopic (exact) mass is 1640 g/mol. The minimum absolute atomic E-state index is 0. The van der Waals surface area contributed by atoms with Crippen molar-refractivity contribution in [1.29, 1.82) is 0 Å². The average molecular weight is 1640 g/mol. The molecule has 0 saturated heterocycles. The van der Waals surface area contributed by atoms with Crippen molar-refractivity contribution in [3.8, 4) is 11.5 Å². The Morgan fingerprint density at radius 1 is 0.483 bits per heavy atom. The third-order valence-corrected chi connectivity index (χ3v) is 22.1. The van der Waals surface area contributed by atoms with E-state index in [2.05, 4.69) is 0 Å². The van der Waals surface area contributed by atoms with Gasteiger partial charge in [0, 0.05) is 131 Å². The molecule has 116 heavy (non-hydrogen) atoms. The van der Waals surface area contributed by atoms with Gasteiger partial charge in [-0.25, -0.2) is 4.79 Å². The maximum absolute atomic E-state index is 11.8. The number of fused-ring (bicyclic) bond motifs is 4. The Morgan fingerprint density at radius 2 is 0.853 bits per heavy atom. The van der Waals surface area contributed by atoms with Crippen LogP contribution in [-0.2, 0) is 61.0 Å². The molecular weight excluding hydrogens is 1540 g/mol. The highest BCUT2D eigenvalue weighted by Crippen LogP contribution is 2.58. The van der Waals surface area contributed by atoms with E-state index in [-0.39, 0.29) is 109 Å². The number of hydrogen-bond donors (Lipinski definition) is 6. The smallest absolute Gasteiger partial charge is 0.370 e. The largest absolute Gasteiger partial charge is 0.507 e. The molecule has 2 aliphatic carbocycles. The topological polar surface area (TPSA) is 427 Å². The molecule has 6 aliphatic heterocycles. The number of aliphatic carboxylic acids is 2. The van der Waals surface area contributed by atoms with Crippen molar-refractivity contribution in [1.82, 2.24) is 0 Å². The quantitative estimate of drug-likeness (QED) is 0.0227. The van der Waals surface area contributed by atoms with E-state index in [0.717, 1.165) is 39.3 Å². The van der Waals surface area contributed by atoms with Crippen LogP contribution in [0.2, 0.25) is 0 Å². The van der Waals surface area contributed by atoms with Gasteiger partial charge >= 0.3 is 22.1 Å². The number of phenolic OH excluding ortho intramolecular Hbond substituents is 2. The molecule has 0 bridgehead atoms. The third-order valence-electron chi connectivity index (χ3n) is 20.9. The number of allylic oxidation sites excluding steroid dienone is 12. The molecule has 8 aliphatic rings. The zero-order valence-corrected chi connectivity index (χ0v) is 62.4. The van der Waals surface area contributed by atoms with E-state index in [1.807, 2.05) is 140 Å². The number of anilines is 2. The van der Waals surface area contributed by atoms with Crippen molar-refractivity contribution in [2.75, 3.05) is 34.6 Å². The summed E-state index contributed by atoms with van der Waals surface area (Å²) in [4.78, 5) is 68.5. The lowest BCUT2D eigenvalue weighted by Crippen LogP contribution is -2.58. The first kappa shape index (κ1) is 94.3. The number of nitro benzene ring substituents is 2. The normalized spacial score (nSPS) is 19.3. The van der Waals surface area contributed by atoms with Crippen LogP contribution in [0.25, 0.3) is 12.2 Å². The highest BCUT2D eigenvalue weighted by atomic mass is 32.2. The molecule has 14 rings (SSSR count). The van der Waals surface area contributed by atoms with Crippen LogP contribution >= 0.6 is 0 Å². The number of non-ortho nitro benzene ring substituents is 2. The minimum Gasteiger partial charge on any atom is -0.507 e. The summed E-state index contributed by atoms with van der Waals surface area (Å²) in [6.07, 6.45) is 17.8. The summed E-state index contributed by atoms with van der Waals surface area (Å²) >= 11 is 0. The van der Waals surface area contributed by atoms with E-state index in [0.29, 0.717) is 64.6 Å².